The number of aryl methyl sites for hydroxylation is 1. The molecule has 0 spiro atoms. The largest absolute Gasteiger partial charge is 0.354 e. The van der Waals surface area contributed by atoms with Crippen LogP contribution in [0.15, 0.2) is 6.20 Å². The maximum atomic E-state index is 12.6. The minimum absolute atomic E-state index is 0.0148. The summed E-state index contributed by atoms with van der Waals surface area (Å²) in [5.74, 6) is -0.0750. The molecule has 7 nitrogen and oxygen atoms in total. The number of nitrogens with one attached hydrogen (secondary N) is 2. The Morgan fingerprint density at radius 1 is 1.52 bits per heavy atom. The van der Waals surface area contributed by atoms with Crippen LogP contribution in [0.5, 0.6) is 0 Å². The van der Waals surface area contributed by atoms with Crippen LogP contribution in [0, 0.1) is 6.92 Å². The topological polar surface area (TPSA) is 104 Å². The summed E-state index contributed by atoms with van der Waals surface area (Å²) in [4.78, 5) is 26.0. The molecule has 0 saturated carbocycles. The molecule has 1 aliphatic rings. The van der Waals surface area contributed by atoms with Crippen molar-refractivity contribution in [2.24, 2.45) is 5.73 Å². The van der Waals surface area contributed by atoms with Gasteiger partial charge in [-0.3, -0.25) is 14.7 Å². The number of carbonyl (C=O) groups is 2. The molecule has 2 amide bonds. The first kappa shape index (κ1) is 15.5. The Morgan fingerprint density at radius 2 is 2.33 bits per heavy atom. The molecular formula is C14H23N5O2. The molecule has 2 heterocycles. The molecule has 0 aliphatic carbocycles. The second-order valence-corrected chi connectivity index (χ2v) is 5.40. The fraction of sp³-hybridized carbons (Fsp3) is 0.643. The van der Waals surface area contributed by atoms with Gasteiger partial charge in [0.2, 0.25) is 5.91 Å². The zero-order valence-electron chi connectivity index (χ0n) is 12.4. The minimum Gasteiger partial charge on any atom is -0.354 e. The maximum Gasteiger partial charge on any atom is 0.257 e. The average molecular weight is 293 g/mol. The first-order valence-corrected chi connectivity index (χ1v) is 7.41. The summed E-state index contributed by atoms with van der Waals surface area (Å²) in [5.41, 5.74) is 6.74. The number of rotatable bonds is 5. The van der Waals surface area contributed by atoms with Crippen molar-refractivity contribution in [1.29, 1.82) is 0 Å². The quantitative estimate of drug-likeness (QED) is 0.720. The third kappa shape index (κ3) is 3.81. The van der Waals surface area contributed by atoms with Crippen molar-refractivity contribution in [2.45, 2.75) is 38.6 Å². The first-order chi connectivity index (χ1) is 10.1. The highest BCUT2D eigenvalue weighted by Crippen LogP contribution is 2.20. The van der Waals surface area contributed by atoms with Crippen LogP contribution >= 0.6 is 0 Å². The molecule has 4 N–H and O–H groups in total. The van der Waals surface area contributed by atoms with E-state index in [1.807, 2.05) is 11.8 Å². The molecule has 116 valence electrons. The third-order valence-corrected chi connectivity index (χ3v) is 3.85. The molecule has 0 bridgehead atoms. The number of hydrogen-bond acceptors (Lipinski definition) is 4. The molecule has 1 aliphatic heterocycles. The molecular weight excluding hydrogens is 270 g/mol. The van der Waals surface area contributed by atoms with Crippen LogP contribution in [0.25, 0.3) is 0 Å². The lowest BCUT2D eigenvalue weighted by Crippen LogP contribution is -2.49. The molecule has 1 fully saturated rings. The van der Waals surface area contributed by atoms with Crippen LogP contribution < -0.4 is 11.1 Å². The lowest BCUT2D eigenvalue weighted by atomic mass is 10.0. The average Bonchev–Trinajstić information content (AvgIpc) is 2.91. The highest BCUT2D eigenvalue weighted by atomic mass is 16.2. The number of nitrogens with zero attached hydrogens (tertiary/aromatic N) is 2. The summed E-state index contributed by atoms with van der Waals surface area (Å²) in [6, 6.07) is 0.0438. The number of aromatic nitrogens is 2. The van der Waals surface area contributed by atoms with Crippen LogP contribution in [0.4, 0.5) is 0 Å². The second kappa shape index (κ2) is 7.21. The minimum atomic E-state index is -0.0602. The first-order valence-electron chi connectivity index (χ1n) is 7.41. The number of aromatic amines is 1. The van der Waals surface area contributed by atoms with E-state index in [2.05, 4.69) is 15.5 Å². The van der Waals surface area contributed by atoms with Gasteiger partial charge in [-0.25, -0.2) is 0 Å². The van der Waals surface area contributed by atoms with E-state index in [0.29, 0.717) is 25.1 Å². The van der Waals surface area contributed by atoms with Crippen LogP contribution in [-0.2, 0) is 4.79 Å². The SMILES string of the molecule is Cc1[nH]ncc1C(=O)N1CCCCC1CNC(=O)CCN. The van der Waals surface area contributed by atoms with E-state index in [1.54, 1.807) is 6.20 Å². The fourth-order valence-electron chi connectivity index (χ4n) is 2.65. The summed E-state index contributed by atoms with van der Waals surface area (Å²) in [6.45, 7) is 3.39. The summed E-state index contributed by atoms with van der Waals surface area (Å²) in [7, 11) is 0. The number of likely N-dealkylation sites (tertiary alicyclic amines) is 1. The van der Waals surface area contributed by atoms with Gasteiger partial charge in [-0.2, -0.15) is 5.10 Å². The highest BCUT2D eigenvalue weighted by Gasteiger charge is 2.28. The van der Waals surface area contributed by atoms with E-state index in [4.69, 9.17) is 5.73 Å². The number of nitrogens with two attached hydrogens (primary N) is 1. The standard InChI is InChI=1S/C14H23N5O2/c1-10-12(9-17-18-10)14(21)19-7-3-2-4-11(19)8-16-13(20)5-6-15/h9,11H,2-8,15H2,1H3,(H,16,20)(H,17,18). The van der Waals surface area contributed by atoms with E-state index < -0.39 is 0 Å². The lowest BCUT2D eigenvalue weighted by molar-refractivity contribution is -0.121. The van der Waals surface area contributed by atoms with Crippen molar-refractivity contribution in [3.05, 3.63) is 17.5 Å². The Kier molecular flexibility index (Phi) is 5.32. The van der Waals surface area contributed by atoms with Gasteiger partial charge in [0.25, 0.3) is 5.91 Å². The molecule has 1 saturated heterocycles. The van der Waals surface area contributed by atoms with Crippen LogP contribution in [0.2, 0.25) is 0 Å². The van der Waals surface area contributed by atoms with Crippen molar-refractivity contribution in [1.82, 2.24) is 20.4 Å². The number of hydrogen-bond donors (Lipinski definition) is 3. The predicted octanol–water partition coefficient (Wildman–Crippen LogP) is 0.178. The molecule has 1 aromatic heterocycles. The van der Waals surface area contributed by atoms with Gasteiger partial charge < -0.3 is 16.0 Å². The van der Waals surface area contributed by atoms with Crippen molar-refractivity contribution in [3.8, 4) is 0 Å². The Bertz CT molecular complexity index is 499. The van der Waals surface area contributed by atoms with Crippen LogP contribution in [-0.4, -0.2) is 52.6 Å². The van der Waals surface area contributed by atoms with E-state index >= 15 is 0 Å². The van der Waals surface area contributed by atoms with E-state index in [-0.39, 0.29) is 17.9 Å². The molecule has 7 heteroatoms. The molecule has 1 aromatic rings. The van der Waals surface area contributed by atoms with Gasteiger partial charge in [-0.05, 0) is 26.2 Å². The van der Waals surface area contributed by atoms with Gasteiger partial charge in [0, 0.05) is 37.8 Å². The Hall–Kier alpha value is -1.89. The molecule has 1 atom stereocenters. The zero-order chi connectivity index (χ0) is 15.2. The van der Waals surface area contributed by atoms with E-state index in [1.165, 1.54) is 0 Å². The van der Waals surface area contributed by atoms with Crippen molar-refractivity contribution in [3.63, 3.8) is 0 Å². The number of piperidine rings is 1. The summed E-state index contributed by atoms with van der Waals surface area (Å²) in [5, 5.41) is 9.56. The van der Waals surface area contributed by atoms with Crippen LogP contribution in [0.1, 0.15) is 41.7 Å². The van der Waals surface area contributed by atoms with E-state index in [0.717, 1.165) is 31.5 Å². The monoisotopic (exact) mass is 293 g/mol. The lowest BCUT2D eigenvalue weighted by Gasteiger charge is -2.35. The van der Waals surface area contributed by atoms with Crippen molar-refractivity contribution < 1.29 is 9.59 Å². The van der Waals surface area contributed by atoms with Gasteiger partial charge in [0.05, 0.1) is 11.8 Å². The molecule has 2 rings (SSSR count). The molecule has 0 aromatic carbocycles. The second-order valence-electron chi connectivity index (χ2n) is 5.40. The third-order valence-electron chi connectivity index (χ3n) is 3.85. The number of H-pyrrole nitrogens is 1. The zero-order valence-corrected chi connectivity index (χ0v) is 12.4. The summed E-state index contributed by atoms with van der Waals surface area (Å²) >= 11 is 0. The summed E-state index contributed by atoms with van der Waals surface area (Å²) < 4.78 is 0. The predicted molar refractivity (Wildman–Crippen MR) is 78.7 cm³/mol. The normalized spacial score (nSPS) is 18.6. The molecule has 0 radical (unpaired) electrons. The van der Waals surface area contributed by atoms with E-state index in [9.17, 15) is 9.59 Å². The smallest absolute Gasteiger partial charge is 0.257 e. The number of carbonyl (C=O) groups excluding carboxylic acids is 2. The number of amides is 2. The van der Waals surface area contributed by atoms with Crippen LogP contribution in [0.3, 0.4) is 0 Å². The Morgan fingerprint density at radius 3 is 3.00 bits per heavy atom. The van der Waals surface area contributed by atoms with Gasteiger partial charge in [-0.1, -0.05) is 0 Å². The van der Waals surface area contributed by atoms with Gasteiger partial charge in [0.15, 0.2) is 0 Å². The Balaban J connectivity index is 2.00. The molecule has 1 unspecified atom stereocenters. The van der Waals surface area contributed by atoms with Gasteiger partial charge >= 0.3 is 0 Å². The molecule has 21 heavy (non-hydrogen) atoms. The maximum absolute atomic E-state index is 12.6. The van der Waals surface area contributed by atoms with Gasteiger partial charge in [0.1, 0.15) is 0 Å². The highest BCUT2D eigenvalue weighted by molar-refractivity contribution is 5.95. The van der Waals surface area contributed by atoms with Crippen molar-refractivity contribution >= 4 is 11.8 Å². The van der Waals surface area contributed by atoms with Crippen molar-refractivity contribution in [2.75, 3.05) is 19.6 Å². The fourth-order valence-corrected chi connectivity index (χ4v) is 2.65. The Labute approximate surface area is 124 Å². The summed E-state index contributed by atoms with van der Waals surface area (Å²) in [6.07, 6.45) is 4.87. The van der Waals surface area contributed by atoms with Gasteiger partial charge in [-0.15, -0.1) is 0 Å².